The highest BCUT2D eigenvalue weighted by molar-refractivity contribution is 7.80. The molecule has 6 heteroatoms. The number of hydrogen-bond donors (Lipinski definition) is 3. The van der Waals surface area contributed by atoms with Crippen LogP contribution in [0.5, 0.6) is 5.75 Å². The number of ether oxygens (including phenoxy) is 1. The molecule has 0 amide bonds. The standard InChI is InChI=1S/C17H18N2O3S/c20-16(21)12-22-15-8-6-13(7-9-15)10-11-18-17(23)19-14-4-2-1-3-5-14/h1-9H,10-12H2,(H,20,21)(H2,18,19,23). The number of thiocarbonyl (C=S) groups is 1. The van der Waals surface area contributed by atoms with Crippen molar-refractivity contribution in [3.8, 4) is 5.75 Å². The van der Waals surface area contributed by atoms with Crippen molar-refractivity contribution in [1.82, 2.24) is 5.32 Å². The van der Waals surface area contributed by atoms with Crippen LogP contribution in [-0.4, -0.2) is 29.3 Å². The Morgan fingerprint density at radius 1 is 1.09 bits per heavy atom. The zero-order chi connectivity index (χ0) is 16.5. The Balaban J connectivity index is 1.71. The number of aliphatic carboxylic acids is 1. The van der Waals surface area contributed by atoms with E-state index in [1.54, 1.807) is 12.1 Å². The minimum atomic E-state index is -0.988. The van der Waals surface area contributed by atoms with Gasteiger partial charge in [-0.15, -0.1) is 0 Å². The van der Waals surface area contributed by atoms with Crippen LogP contribution in [0.25, 0.3) is 0 Å². The first-order valence-electron chi connectivity index (χ1n) is 7.17. The summed E-state index contributed by atoms with van der Waals surface area (Å²) in [7, 11) is 0. The number of anilines is 1. The summed E-state index contributed by atoms with van der Waals surface area (Å²) in [5.74, 6) is -0.442. The molecule has 2 aromatic carbocycles. The van der Waals surface area contributed by atoms with E-state index in [1.165, 1.54) is 0 Å². The van der Waals surface area contributed by atoms with Crippen LogP contribution >= 0.6 is 12.2 Å². The van der Waals surface area contributed by atoms with Crippen LogP contribution in [0.4, 0.5) is 5.69 Å². The van der Waals surface area contributed by atoms with E-state index >= 15 is 0 Å². The molecule has 0 aliphatic rings. The lowest BCUT2D eigenvalue weighted by atomic mass is 10.1. The van der Waals surface area contributed by atoms with Gasteiger partial charge in [-0.05, 0) is 48.5 Å². The van der Waals surface area contributed by atoms with E-state index in [-0.39, 0.29) is 6.61 Å². The van der Waals surface area contributed by atoms with Gasteiger partial charge in [-0.1, -0.05) is 30.3 Å². The van der Waals surface area contributed by atoms with E-state index in [2.05, 4.69) is 10.6 Å². The SMILES string of the molecule is O=C(O)COc1ccc(CCNC(=S)Nc2ccccc2)cc1. The fourth-order valence-electron chi connectivity index (χ4n) is 1.91. The van der Waals surface area contributed by atoms with E-state index in [0.29, 0.717) is 17.4 Å². The molecule has 5 nitrogen and oxygen atoms in total. The second kappa shape index (κ2) is 8.75. The number of benzene rings is 2. The van der Waals surface area contributed by atoms with Crippen molar-refractivity contribution in [1.29, 1.82) is 0 Å². The molecule has 0 fully saturated rings. The number of para-hydroxylation sites is 1. The molecule has 0 radical (unpaired) electrons. The normalized spacial score (nSPS) is 9.91. The van der Waals surface area contributed by atoms with Crippen molar-refractivity contribution < 1.29 is 14.6 Å². The largest absolute Gasteiger partial charge is 0.482 e. The monoisotopic (exact) mass is 330 g/mol. The van der Waals surface area contributed by atoms with Crippen molar-refractivity contribution in [2.45, 2.75) is 6.42 Å². The molecular weight excluding hydrogens is 312 g/mol. The summed E-state index contributed by atoms with van der Waals surface area (Å²) in [6, 6.07) is 17.1. The Bertz CT molecular complexity index is 645. The summed E-state index contributed by atoms with van der Waals surface area (Å²) in [4.78, 5) is 10.4. The molecule has 0 saturated heterocycles. The van der Waals surface area contributed by atoms with Crippen LogP contribution in [-0.2, 0) is 11.2 Å². The van der Waals surface area contributed by atoms with Gasteiger partial charge >= 0.3 is 5.97 Å². The molecule has 0 aliphatic heterocycles. The summed E-state index contributed by atoms with van der Waals surface area (Å²) >= 11 is 5.23. The Labute approximate surface area is 140 Å². The molecule has 0 aromatic heterocycles. The van der Waals surface area contributed by atoms with Gasteiger partial charge in [-0.2, -0.15) is 0 Å². The Hall–Kier alpha value is -2.60. The number of hydrogen-bond acceptors (Lipinski definition) is 3. The highest BCUT2D eigenvalue weighted by Gasteiger charge is 2.00. The Kier molecular flexibility index (Phi) is 6.38. The number of rotatable bonds is 7. The van der Waals surface area contributed by atoms with Gasteiger partial charge in [0.1, 0.15) is 5.75 Å². The quantitative estimate of drug-likeness (QED) is 0.678. The average Bonchev–Trinajstić information content (AvgIpc) is 2.55. The molecule has 0 spiro atoms. The zero-order valence-corrected chi connectivity index (χ0v) is 13.3. The van der Waals surface area contributed by atoms with E-state index in [4.69, 9.17) is 22.1 Å². The predicted molar refractivity (Wildman–Crippen MR) is 93.9 cm³/mol. The highest BCUT2D eigenvalue weighted by Crippen LogP contribution is 2.12. The lowest BCUT2D eigenvalue weighted by molar-refractivity contribution is -0.139. The van der Waals surface area contributed by atoms with Crippen LogP contribution < -0.4 is 15.4 Å². The second-order valence-corrected chi connectivity index (χ2v) is 5.23. The molecule has 23 heavy (non-hydrogen) atoms. The van der Waals surface area contributed by atoms with Gasteiger partial charge < -0.3 is 20.5 Å². The van der Waals surface area contributed by atoms with E-state index in [9.17, 15) is 4.79 Å². The van der Waals surface area contributed by atoms with Gasteiger partial charge in [0.15, 0.2) is 11.7 Å². The summed E-state index contributed by atoms with van der Waals surface area (Å²) in [6.07, 6.45) is 0.801. The van der Waals surface area contributed by atoms with Crippen LogP contribution in [0.15, 0.2) is 54.6 Å². The first-order valence-corrected chi connectivity index (χ1v) is 7.58. The third-order valence-corrected chi connectivity index (χ3v) is 3.26. The lowest BCUT2D eigenvalue weighted by Crippen LogP contribution is -2.30. The molecule has 0 saturated carbocycles. The molecule has 0 atom stereocenters. The van der Waals surface area contributed by atoms with Gasteiger partial charge in [-0.3, -0.25) is 0 Å². The van der Waals surface area contributed by atoms with Gasteiger partial charge in [0.2, 0.25) is 0 Å². The van der Waals surface area contributed by atoms with Crippen molar-refractivity contribution in [2.24, 2.45) is 0 Å². The van der Waals surface area contributed by atoms with Crippen LogP contribution in [0, 0.1) is 0 Å². The summed E-state index contributed by atoms with van der Waals surface area (Å²) in [5.41, 5.74) is 2.06. The van der Waals surface area contributed by atoms with Gasteiger partial charge in [0, 0.05) is 12.2 Å². The first-order chi connectivity index (χ1) is 11.1. The van der Waals surface area contributed by atoms with E-state index < -0.39 is 5.97 Å². The maximum atomic E-state index is 10.4. The Morgan fingerprint density at radius 3 is 2.43 bits per heavy atom. The fraction of sp³-hybridized carbons (Fsp3) is 0.176. The fourth-order valence-corrected chi connectivity index (χ4v) is 2.13. The van der Waals surface area contributed by atoms with Gasteiger partial charge in [-0.25, -0.2) is 4.79 Å². The molecule has 2 aromatic rings. The highest BCUT2D eigenvalue weighted by atomic mass is 32.1. The summed E-state index contributed by atoms with van der Waals surface area (Å²) in [6.45, 7) is 0.369. The first kappa shape index (κ1) is 16.8. The minimum Gasteiger partial charge on any atom is -0.482 e. The molecule has 0 unspecified atom stereocenters. The van der Waals surface area contributed by atoms with Gasteiger partial charge in [0.05, 0.1) is 0 Å². The third kappa shape index (κ3) is 6.36. The molecule has 0 heterocycles. The number of nitrogens with one attached hydrogen (secondary N) is 2. The van der Waals surface area contributed by atoms with E-state index in [1.807, 2.05) is 42.5 Å². The third-order valence-electron chi connectivity index (χ3n) is 3.02. The Morgan fingerprint density at radius 2 is 1.78 bits per heavy atom. The van der Waals surface area contributed by atoms with Gasteiger partial charge in [0.25, 0.3) is 0 Å². The molecule has 0 aliphatic carbocycles. The molecule has 3 N–H and O–H groups in total. The lowest BCUT2D eigenvalue weighted by Gasteiger charge is -2.10. The average molecular weight is 330 g/mol. The topological polar surface area (TPSA) is 70.6 Å². The molecule has 120 valence electrons. The summed E-state index contributed by atoms with van der Waals surface area (Å²) in [5, 5.41) is 15.4. The maximum Gasteiger partial charge on any atom is 0.341 e. The van der Waals surface area contributed by atoms with Crippen molar-refractivity contribution in [3.63, 3.8) is 0 Å². The zero-order valence-electron chi connectivity index (χ0n) is 12.5. The number of carboxylic acids is 1. The van der Waals surface area contributed by atoms with Crippen molar-refractivity contribution >= 4 is 29.0 Å². The van der Waals surface area contributed by atoms with Crippen molar-refractivity contribution in [2.75, 3.05) is 18.5 Å². The molecule has 0 bridgehead atoms. The number of carbonyl (C=O) groups is 1. The summed E-state index contributed by atoms with van der Waals surface area (Å²) < 4.78 is 5.09. The maximum absolute atomic E-state index is 10.4. The van der Waals surface area contributed by atoms with Crippen LogP contribution in [0.1, 0.15) is 5.56 Å². The predicted octanol–water partition coefficient (Wildman–Crippen LogP) is 2.68. The molecular formula is C17H18N2O3S. The molecule has 2 rings (SSSR count). The smallest absolute Gasteiger partial charge is 0.341 e. The van der Waals surface area contributed by atoms with Crippen molar-refractivity contribution in [3.05, 3.63) is 60.2 Å². The minimum absolute atomic E-state index is 0.333. The van der Waals surface area contributed by atoms with Crippen LogP contribution in [0.3, 0.4) is 0 Å². The van der Waals surface area contributed by atoms with Crippen LogP contribution in [0.2, 0.25) is 0 Å². The van der Waals surface area contributed by atoms with E-state index in [0.717, 1.165) is 17.7 Å². The second-order valence-electron chi connectivity index (χ2n) is 4.82. The number of carboxylic acid groups (broad SMARTS) is 1.